The highest BCUT2D eigenvalue weighted by molar-refractivity contribution is 5.77. The van der Waals surface area contributed by atoms with Crippen molar-refractivity contribution in [3.63, 3.8) is 0 Å². The monoisotopic (exact) mass is 214 g/mol. The Balaban J connectivity index is 3.77. The summed E-state index contributed by atoms with van der Waals surface area (Å²) in [7, 11) is 0. The molecule has 3 nitrogen and oxygen atoms in total. The Morgan fingerprint density at radius 2 is 1.93 bits per heavy atom. The van der Waals surface area contributed by atoms with Gasteiger partial charge >= 0.3 is 0 Å². The highest BCUT2D eigenvalue weighted by Gasteiger charge is 2.19. The molecule has 0 saturated carbocycles. The molecule has 0 aliphatic rings. The fourth-order valence-corrected chi connectivity index (χ4v) is 1.82. The molecule has 2 N–H and O–H groups in total. The summed E-state index contributed by atoms with van der Waals surface area (Å²) in [5.41, 5.74) is 0.191. The molecule has 0 rings (SSSR count). The lowest BCUT2D eigenvalue weighted by Crippen LogP contribution is -2.39. The maximum absolute atomic E-state index is 11.4. The van der Waals surface area contributed by atoms with Crippen LogP contribution in [-0.2, 0) is 4.79 Å². The summed E-state index contributed by atoms with van der Waals surface area (Å²) < 4.78 is 0. The first kappa shape index (κ1) is 14.4. The van der Waals surface area contributed by atoms with Crippen molar-refractivity contribution in [2.75, 3.05) is 19.6 Å². The van der Waals surface area contributed by atoms with Crippen LogP contribution in [0.1, 0.15) is 41.0 Å². The maximum atomic E-state index is 11.4. The van der Waals surface area contributed by atoms with Gasteiger partial charge in [0.2, 0.25) is 5.91 Å². The van der Waals surface area contributed by atoms with Gasteiger partial charge < -0.3 is 10.6 Å². The molecular formula is C12H26N2O. The normalized spacial score (nSPS) is 11.9. The number of likely N-dealkylation sites (N-methyl/N-ethyl adjacent to an activating group) is 1. The van der Waals surface area contributed by atoms with Crippen LogP contribution in [0.2, 0.25) is 0 Å². The Morgan fingerprint density at radius 1 is 1.33 bits per heavy atom. The fraction of sp³-hybridized carbons (Fsp3) is 0.917. The van der Waals surface area contributed by atoms with Crippen LogP contribution < -0.4 is 10.6 Å². The minimum Gasteiger partial charge on any atom is -0.354 e. The Hall–Kier alpha value is -0.570. The van der Waals surface area contributed by atoms with Crippen LogP contribution in [0.25, 0.3) is 0 Å². The fourth-order valence-electron chi connectivity index (χ4n) is 1.82. The summed E-state index contributed by atoms with van der Waals surface area (Å²) >= 11 is 0. The van der Waals surface area contributed by atoms with Crippen LogP contribution in [0.4, 0.5) is 0 Å². The smallest absolute Gasteiger partial charge is 0.233 e. The largest absolute Gasteiger partial charge is 0.354 e. The van der Waals surface area contributed by atoms with Crippen molar-refractivity contribution in [2.45, 2.75) is 41.0 Å². The molecule has 0 atom stereocenters. The van der Waals surface area contributed by atoms with Gasteiger partial charge in [-0.05, 0) is 24.3 Å². The van der Waals surface area contributed by atoms with Gasteiger partial charge in [0, 0.05) is 6.54 Å². The molecule has 0 aliphatic heterocycles. The number of rotatable bonds is 7. The van der Waals surface area contributed by atoms with Crippen LogP contribution >= 0.6 is 0 Å². The van der Waals surface area contributed by atoms with Crippen molar-refractivity contribution in [1.82, 2.24) is 10.6 Å². The maximum Gasteiger partial charge on any atom is 0.233 e. The van der Waals surface area contributed by atoms with Crippen LogP contribution in [-0.4, -0.2) is 25.5 Å². The predicted molar refractivity (Wildman–Crippen MR) is 64.8 cm³/mol. The van der Waals surface area contributed by atoms with Gasteiger partial charge in [-0.3, -0.25) is 4.79 Å². The lowest BCUT2D eigenvalue weighted by Gasteiger charge is -2.26. The van der Waals surface area contributed by atoms with Crippen molar-refractivity contribution in [2.24, 2.45) is 11.3 Å². The second kappa shape index (κ2) is 6.83. The van der Waals surface area contributed by atoms with Crippen LogP contribution in [0, 0.1) is 11.3 Å². The number of carbonyl (C=O) groups is 1. The van der Waals surface area contributed by atoms with Crippen LogP contribution in [0.3, 0.4) is 0 Å². The molecule has 0 radical (unpaired) electrons. The van der Waals surface area contributed by atoms with E-state index in [1.807, 2.05) is 6.92 Å². The molecule has 15 heavy (non-hydrogen) atoms. The summed E-state index contributed by atoms with van der Waals surface area (Å²) in [4.78, 5) is 11.4. The van der Waals surface area contributed by atoms with Gasteiger partial charge in [-0.15, -0.1) is 0 Å². The van der Waals surface area contributed by atoms with E-state index in [4.69, 9.17) is 0 Å². The van der Waals surface area contributed by atoms with E-state index < -0.39 is 0 Å². The second-order valence-electron chi connectivity index (χ2n) is 5.32. The molecule has 0 aromatic carbocycles. The Bertz CT molecular complexity index is 188. The van der Waals surface area contributed by atoms with E-state index >= 15 is 0 Å². The van der Waals surface area contributed by atoms with Gasteiger partial charge in [0.05, 0.1) is 6.54 Å². The van der Waals surface area contributed by atoms with Crippen molar-refractivity contribution in [3.8, 4) is 0 Å². The molecule has 0 spiro atoms. The minimum absolute atomic E-state index is 0.0914. The average Bonchev–Trinajstić information content (AvgIpc) is 2.09. The summed E-state index contributed by atoms with van der Waals surface area (Å²) in [6, 6.07) is 0. The van der Waals surface area contributed by atoms with E-state index in [9.17, 15) is 4.79 Å². The zero-order valence-corrected chi connectivity index (χ0v) is 10.8. The lowest BCUT2D eigenvalue weighted by molar-refractivity contribution is -0.120. The standard InChI is InChI=1S/C12H26N2O/c1-6-13-8-11(15)14-9-12(4,5)7-10(2)3/h10,13H,6-9H2,1-5H3,(H,14,15). The summed E-state index contributed by atoms with van der Waals surface area (Å²) in [6.45, 7) is 12.8. The first-order valence-corrected chi connectivity index (χ1v) is 5.85. The molecule has 0 heterocycles. The first-order valence-electron chi connectivity index (χ1n) is 5.85. The van der Waals surface area contributed by atoms with Gasteiger partial charge in [-0.25, -0.2) is 0 Å². The lowest BCUT2D eigenvalue weighted by atomic mass is 9.84. The number of hydrogen-bond acceptors (Lipinski definition) is 2. The van der Waals surface area contributed by atoms with Crippen LogP contribution in [0.5, 0.6) is 0 Å². The number of amides is 1. The van der Waals surface area contributed by atoms with Gasteiger partial charge in [-0.1, -0.05) is 34.6 Å². The molecular weight excluding hydrogens is 188 g/mol. The van der Waals surface area contributed by atoms with E-state index in [0.29, 0.717) is 12.5 Å². The van der Waals surface area contributed by atoms with Crippen molar-refractivity contribution in [1.29, 1.82) is 0 Å². The number of carbonyl (C=O) groups excluding carboxylic acids is 1. The second-order valence-corrected chi connectivity index (χ2v) is 5.32. The molecule has 0 saturated heterocycles. The van der Waals surface area contributed by atoms with Gasteiger partial charge in [0.15, 0.2) is 0 Å². The highest BCUT2D eigenvalue weighted by atomic mass is 16.1. The molecule has 0 aromatic heterocycles. The SMILES string of the molecule is CCNCC(=O)NCC(C)(C)CC(C)C. The predicted octanol–water partition coefficient (Wildman–Crippen LogP) is 1.78. The van der Waals surface area contributed by atoms with E-state index in [-0.39, 0.29) is 11.3 Å². The zero-order valence-electron chi connectivity index (χ0n) is 10.8. The molecule has 0 bridgehead atoms. The molecule has 0 aliphatic carbocycles. The zero-order chi connectivity index (χ0) is 11.9. The Labute approximate surface area is 94.0 Å². The Morgan fingerprint density at radius 3 is 2.40 bits per heavy atom. The van der Waals surface area contributed by atoms with E-state index in [1.165, 1.54) is 0 Å². The number of hydrogen-bond donors (Lipinski definition) is 2. The first-order chi connectivity index (χ1) is 6.87. The Kier molecular flexibility index (Phi) is 6.57. The summed E-state index contributed by atoms with van der Waals surface area (Å²) in [5, 5.41) is 5.97. The molecule has 1 amide bonds. The molecule has 0 aromatic rings. The third kappa shape index (κ3) is 8.43. The topological polar surface area (TPSA) is 41.1 Å². The van der Waals surface area contributed by atoms with Crippen LogP contribution in [0.15, 0.2) is 0 Å². The molecule has 0 unspecified atom stereocenters. The quantitative estimate of drug-likeness (QED) is 0.678. The van der Waals surface area contributed by atoms with Gasteiger partial charge in [-0.2, -0.15) is 0 Å². The third-order valence-electron chi connectivity index (χ3n) is 2.26. The van der Waals surface area contributed by atoms with E-state index in [0.717, 1.165) is 19.5 Å². The van der Waals surface area contributed by atoms with E-state index in [2.05, 4.69) is 38.3 Å². The average molecular weight is 214 g/mol. The summed E-state index contributed by atoms with van der Waals surface area (Å²) in [5.74, 6) is 0.763. The van der Waals surface area contributed by atoms with Gasteiger partial charge in [0.1, 0.15) is 0 Å². The molecule has 3 heteroatoms. The van der Waals surface area contributed by atoms with Crippen molar-refractivity contribution < 1.29 is 4.79 Å². The molecule has 90 valence electrons. The van der Waals surface area contributed by atoms with Crippen molar-refractivity contribution in [3.05, 3.63) is 0 Å². The number of nitrogens with one attached hydrogen (secondary N) is 2. The van der Waals surface area contributed by atoms with E-state index in [1.54, 1.807) is 0 Å². The van der Waals surface area contributed by atoms with Gasteiger partial charge in [0.25, 0.3) is 0 Å². The van der Waals surface area contributed by atoms with Crippen molar-refractivity contribution >= 4 is 5.91 Å². The molecule has 0 fully saturated rings. The third-order valence-corrected chi connectivity index (χ3v) is 2.26. The minimum atomic E-state index is 0.0914. The highest BCUT2D eigenvalue weighted by Crippen LogP contribution is 2.23. The summed E-state index contributed by atoms with van der Waals surface area (Å²) in [6.07, 6.45) is 1.13.